The van der Waals surface area contributed by atoms with Crippen LogP contribution in [-0.2, 0) is 20.1 Å². The van der Waals surface area contributed by atoms with Gasteiger partial charge in [-0.15, -0.1) is 58.8 Å². The zero-order chi connectivity index (χ0) is 25.1. The molecule has 0 fully saturated rings. The zero-order valence-corrected chi connectivity index (χ0v) is 25.6. The first kappa shape index (κ1) is 27.1. The summed E-state index contributed by atoms with van der Waals surface area (Å²) in [6.07, 6.45) is 3.73. The minimum Gasteiger partial charge on any atom is -0.305 e. The topological polar surface area (TPSA) is 25.8 Å². The van der Waals surface area contributed by atoms with Crippen LogP contribution in [0.2, 0.25) is 19.6 Å². The minimum atomic E-state index is -1.45. The first-order valence-electron chi connectivity index (χ1n) is 12.1. The van der Waals surface area contributed by atoms with Gasteiger partial charge in [-0.1, -0.05) is 67.5 Å². The summed E-state index contributed by atoms with van der Waals surface area (Å²) < 4.78 is 2.67. The zero-order valence-electron chi connectivity index (χ0n) is 21.4. The van der Waals surface area contributed by atoms with E-state index in [4.69, 9.17) is 0 Å². The van der Waals surface area contributed by atoms with E-state index in [1.54, 1.807) is 0 Å². The SMILES string of the molecule is C[Si](C)(C)c1c[c-]c(-c2ccccn2)c2sc3ccccc3c12.Cc1ccc(-c2[c-]cccc2)nc1.[Ir]. The van der Waals surface area contributed by atoms with Crippen molar-refractivity contribution in [2.75, 3.05) is 0 Å². The maximum atomic E-state index is 4.55. The predicted molar refractivity (Wildman–Crippen MR) is 158 cm³/mol. The van der Waals surface area contributed by atoms with Crippen LogP contribution in [0.15, 0.2) is 97.3 Å². The molecule has 0 amide bonds. The Balaban J connectivity index is 0.000000195. The van der Waals surface area contributed by atoms with Crippen LogP contribution in [0.3, 0.4) is 0 Å². The van der Waals surface area contributed by atoms with Crippen LogP contribution >= 0.6 is 11.3 Å². The second-order valence-electron chi connectivity index (χ2n) is 9.84. The molecule has 0 atom stereocenters. The molecule has 187 valence electrons. The third-order valence-corrected chi connectivity index (χ3v) is 9.28. The van der Waals surface area contributed by atoms with Crippen LogP contribution < -0.4 is 5.19 Å². The summed E-state index contributed by atoms with van der Waals surface area (Å²) >= 11 is 1.86. The summed E-state index contributed by atoms with van der Waals surface area (Å²) in [6.45, 7) is 9.25. The Morgan fingerprint density at radius 3 is 2.24 bits per heavy atom. The number of thiophene rings is 1. The van der Waals surface area contributed by atoms with Gasteiger partial charge in [0.25, 0.3) is 0 Å². The Morgan fingerprint density at radius 2 is 1.57 bits per heavy atom. The van der Waals surface area contributed by atoms with E-state index in [0.29, 0.717) is 0 Å². The second kappa shape index (κ2) is 11.6. The number of benzene rings is 3. The molecule has 0 bridgehead atoms. The summed E-state index contributed by atoms with van der Waals surface area (Å²) in [5, 5.41) is 4.28. The third kappa shape index (κ3) is 5.97. The summed E-state index contributed by atoms with van der Waals surface area (Å²) in [5.74, 6) is 0. The number of rotatable bonds is 3. The standard InChI is InChI=1S/C20H18NSSi.C12H10N.Ir/c1-23(2,3)18-12-11-14(16-9-6-7-13-21-16)20-19(18)15-8-4-5-10-17(15)22-20;1-10-7-8-12(13-9-10)11-5-3-2-4-6-11;/h4-10,12-13H,1-3H3;2-5,7-9H,1H3;/q2*-1;. The van der Waals surface area contributed by atoms with Crippen molar-refractivity contribution in [3.63, 3.8) is 0 Å². The number of hydrogen-bond donors (Lipinski definition) is 0. The van der Waals surface area contributed by atoms with E-state index in [0.717, 1.165) is 22.5 Å². The van der Waals surface area contributed by atoms with E-state index in [1.807, 2.05) is 73.1 Å². The molecule has 6 rings (SSSR count). The quantitative estimate of drug-likeness (QED) is 0.138. The third-order valence-electron chi connectivity index (χ3n) is 6.08. The van der Waals surface area contributed by atoms with Crippen molar-refractivity contribution >= 4 is 44.8 Å². The van der Waals surface area contributed by atoms with Gasteiger partial charge in [0.2, 0.25) is 0 Å². The van der Waals surface area contributed by atoms with Crippen LogP contribution in [0.25, 0.3) is 42.7 Å². The molecule has 3 aromatic carbocycles. The number of aromatic nitrogens is 2. The Labute approximate surface area is 237 Å². The van der Waals surface area contributed by atoms with Crippen molar-refractivity contribution in [2.45, 2.75) is 26.6 Å². The predicted octanol–water partition coefficient (Wildman–Crippen LogP) is 8.32. The molecule has 3 heterocycles. The molecule has 6 aromatic rings. The summed E-state index contributed by atoms with van der Waals surface area (Å²) in [7, 11) is -1.45. The van der Waals surface area contributed by atoms with Crippen molar-refractivity contribution in [3.8, 4) is 22.5 Å². The van der Waals surface area contributed by atoms with Gasteiger partial charge in [0, 0.05) is 45.3 Å². The van der Waals surface area contributed by atoms with Crippen molar-refractivity contribution in [1.29, 1.82) is 0 Å². The molecule has 0 saturated carbocycles. The molecule has 0 aliphatic carbocycles. The molecular formula is C32H28IrN2SSi-2. The maximum absolute atomic E-state index is 4.55. The fourth-order valence-electron chi connectivity index (χ4n) is 4.24. The summed E-state index contributed by atoms with van der Waals surface area (Å²) in [5.41, 5.74) is 5.34. The Hall–Kier alpha value is -2.95. The van der Waals surface area contributed by atoms with Crippen molar-refractivity contribution in [1.82, 2.24) is 9.97 Å². The first-order valence-corrected chi connectivity index (χ1v) is 16.4. The molecule has 0 saturated heterocycles. The number of fused-ring (bicyclic) bond motifs is 3. The van der Waals surface area contributed by atoms with E-state index >= 15 is 0 Å². The molecule has 0 N–H and O–H groups in total. The Kier molecular flexibility index (Phi) is 8.51. The van der Waals surface area contributed by atoms with Crippen molar-refractivity contribution in [3.05, 3.63) is 115 Å². The van der Waals surface area contributed by atoms with Gasteiger partial charge in [0.1, 0.15) is 0 Å². The maximum Gasteiger partial charge on any atom is 0.0300 e. The average molecular weight is 693 g/mol. The van der Waals surface area contributed by atoms with Gasteiger partial charge in [0.05, 0.1) is 0 Å². The minimum absolute atomic E-state index is 0. The normalized spacial score (nSPS) is 11.0. The van der Waals surface area contributed by atoms with Gasteiger partial charge < -0.3 is 9.97 Å². The van der Waals surface area contributed by atoms with Gasteiger partial charge in [0.15, 0.2) is 0 Å². The monoisotopic (exact) mass is 693 g/mol. The molecule has 0 spiro atoms. The van der Waals surface area contributed by atoms with Crippen LogP contribution in [0.1, 0.15) is 5.56 Å². The van der Waals surface area contributed by atoms with Crippen LogP contribution in [0.5, 0.6) is 0 Å². The largest absolute Gasteiger partial charge is 0.305 e. The van der Waals surface area contributed by atoms with Gasteiger partial charge in [-0.25, -0.2) is 0 Å². The molecular weight excluding hydrogens is 665 g/mol. The number of pyridine rings is 2. The summed E-state index contributed by atoms with van der Waals surface area (Å²) in [4.78, 5) is 8.87. The van der Waals surface area contributed by atoms with Gasteiger partial charge in [-0.3, -0.25) is 0 Å². The molecule has 3 aromatic heterocycles. The number of aryl methyl sites for hydroxylation is 1. The Bertz CT molecular complexity index is 1610. The van der Waals surface area contributed by atoms with Gasteiger partial charge in [-0.2, -0.15) is 11.3 Å². The van der Waals surface area contributed by atoms with E-state index in [9.17, 15) is 0 Å². The van der Waals surface area contributed by atoms with Crippen molar-refractivity contribution in [2.24, 2.45) is 0 Å². The van der Waals surface area contributed by atoms with E-state index in [-0.39, 0.29) is 20.1 Å². The van der Waals surface area contributed by atoms with E-state index in [1.165, 1.54) is 30.9 Å². The van der Waals surface area contributed by atoms with Gasteiger partial charge >= 0.3 is 0 Å². The number of nitrogens with zero attached hydrogens (tertiary/aromatic N) is 2. The van der Waals surface area contributed by atoms with Gasteiger partial charge in [-0.05, 0) is 46.1 Å². The molecule has 0 aliphatic rings. The molecule has 37 heavy (non-hydrogen) atoms. The molecule has 0 aliphatic heterocycles. The Morgan fingerprint density at radius 1 is 0.784 bits per heavy atom. The fourth-order valence-corrected chi connectivity index (χ4v) is 7.08. The van der Waals surface area contributed by atoms with Crippen molar-refractivity contribution < 1.29 is 20.1 Å². The smallest absolute Gasteiger partial charge is 0.0300 e. The van der Waals surface area contributed by atoms with Crippen LogP contribution in [-0.4, -0.2) is 18.0 Å². The first-order chi connectivity index (χ1) is 17.4. The van der Waals surface area contributed by atoms with Crippen LogP contribution in [0, 0.1) is 19.1 Å². The van der Waals surface area contributed by atoms with E-state index < -0.39 is 8.07 Å². The van der Waals surface area contributed by atoms with Crippen LogP contribution in [0.4, 0.5) is 0 Å². The number of hydrogen-bond acceptors (Lipinski definition) is 3. The summed E-state index contributed by atoms with van der Waals surface area (Å²) in [6, 6.07) is 35.6. The molecule has 0 unspecified atom stereocenters. The fraction of sp³-hybridized carbons (Fsp3) is 0.125. The molecule has 1 radical (unpaired) electrons. The van der Waals surface area contributed by atoms with E-state index in [2.05, 4.69) is 84.2 Å². The molecule has 2 nitrogen and oxygen atoms in total. The second-order valence-corrected chi connectivity index (χ2v) is 15.9. The average Bonchev–Trinajstić information content (AvgIpc) is 3.29. The molecule has 5 heteroatoms.